The standard InChI is InChI=1S/C18H16N4O6/c23-18(27-11-16-19-20-17(28-16)15-4-3-9-26-15)12-5-6-13(14(10-12)22(24)25)21-7-1-2-8-21/h3-6,9-10H,1-2,7-8,11H2. The Bertz CT molecular complexity index is 991. The van der Waals surface area contributed by atoms with Gasteiger partial charge >= 0.3 is 5.97 Å². The molecule has 3 aromatic rings. The minimum Gasteiger partial charge on any atom is -0.459 e. The largest absolute Gasteiger partial charge is 0.459 e. The summed E-state index contributed by atoms with van der Waals surface area (Å²) in [7, 11) is 0. The molecule has 0 saturated carbocycles. The van der Waals surface area contributed by atoms with Gasteiger partial charge < -0.3 is 18.5 Å². The van der Waals surface area contributed by atoms with Gasteiger partial charge in [0.05, 0.1) is 16.7 Å². The van der Waals surface area contributed by atoms with Crippen LogP contribution in [-0.2, 0) is 11.3 Å². The number of nitro benzene ring substituents is 1. The van der Waals surface area contributed by atoms with E-state index in [9.17, 15) is 14.9 Å². The summed E-state index contributed by atoms with van der Waals surface area (Å²) in [6.07, 6.45) is 3.45. The zero-order chi connectivity index (χ0) is 19.5. The van der Waals surface area contributed by atoms with Crippen LogP contribution in [-0.4, -0.2) is 34.2 Å². The number of hydrogen-bond acceptors (Lipinski definition) is 9. The van der Waals surface area contributed by atoms with Gasteiger partial charge in [0, 0.05) is 19.2 Å². The zero-order valence-electron chi connectivity index (χ0n) is 14.7. The van der Waals surface area contributed by atoms with Crippen LogP contribution < -0.4 is 4.90 Å². The average Bonchev–Trinajstić information content (AvgIpc) is 3.47. The van der Waals surface area contributed by atoms with Crippen molar-refractivity contribution in [3.05, 3.63) is 58.2 Å². The maximum absolute atomic E-state index is 12.3. The molecule has 144 valence electrons. The molecule has 0 bridgehead atoms. The van der Waals surface area contributed by atoms with E-state index in [-0.39, 0.29) is 29.6 Å². The number of furan rings is 1. The van der Waals surface area contributed by atoms with Gasteiger partial charge in [-0.3, -0.25) is 10.1 Å². The van der Waals surface area contributed by atoms with E-state index >= 15 is 0 Å². The number of ether oxygens (including phenoxy) is 1. The van der Waals surface area contributed by atoms with Crippen molar-refractivity contribution in [2.45, 2.75) is 19.4 Å². The molecule has 0 spiro atoms. The Balaban J connectivity index is 1.46. The lowest BCUT2D eigenvalue weighted by atomic mass is 10.1. The van der Waals surface area contributed by atoms with E-state index in [1.165, 1.54) is 18.4 Å². The fourth-order valence-electron chi connectivity index (χ4n) is 3.04. The predicted molar refractivity (Wildman–Crippen MR) is 95.7 cm³/mol. The van der Waals surface area contributed by atoms with E-state index in [0.29, 0.717) is 11.4 Å². The first kappa shape index (κ1) is 17.7. The lowest BCUT2D eigenvalue weighted by molar-refractivity contribution is -0.384. The lowest BCUT2D eigenvalue weighted by Crippen LogP contribution is -2.19. The highest BCUT2D eigenvalue weighted by Crippen LogP contribution is 2.32. The third-order valence-corrected chi connectivity index (χ3v) is 4.38. The monoisotopic (exact) mass is 384 g/mol. The Morgan fingerprint density at radius 1 is 1.25 bits per heavy atom. The molecule has 1 saturated heterocycles. The number of nitro groups is 1. The van der Waals surface area contributed by atoms with Gasteiger partial charge in [-0.05, 0) is 37.1 Å². The molecule has 1 fully saturated rings. The molecule has 10 nitrogen and oxygen atoms in total. The van der Waals surface area contributed by atoms with Crippen LogP contribution in [0, 0.1) is 10.1 Å². The lowest BCUT2D eigenvalue weighted by Gasteiger charge is -2.17. The Labute approximate surface area is 158 Å². The molecule has 0 N–H and O–H groups in total. The van der Waals surface area contributed by atoms with Crippen LogP contribution >= 0.6 is 0 Å². The van der Waals surface area contributed by atoms with Crippen molar-refractivity contribution in [3.63, 3.8) is 0 Å². The van der Waals surface area contributed by atoms with Crippen LogP contribution in [0.25, 0.3) is 11.7 Å². The van der Waals surface area contributed by atoms with Crippen molar-refractivity contribution in [2.75, 3.05) is 18.0 Å². The van der Waals surface area contributed by atoms with Crippen LogP contribution in [0.3, 0.4) is 0 Å². The molecule has 28 heavy (non-hydrogen) atoms. The number of carbonyl (C=O) groups is 1. The molecule has 3 heterocycles. The number of esters is 1. The number of anilines is 1. The van der Waals surface area contributed by atoms with Crippen LogP contribution in [0.1, 0.15) is 29.1 Å². The van der Waals surface area contributed by atoms with Crippen LogP contribution in [0.15, 0.2) is 45.4 Å². The van der Waals surface area contributed by atoms with Crippen molar-refractivity contribution in [2.24, 2.45) is 0 Å². The maximum atomic E-state index is 12.3. The molecule has 0 radical (unpaired) electrons. The van der Waals surface area contributed by atoms with Crippen molar-refractivity contribution in [3.8, 4) is 11.7 Å². The molecule has 10 heteroatoms. The molecule has 1 aromatic carbocycles. The predicted octanol–water partition coefficient (Wildman–Crippen LogP) is 3.20. The average molecular weight is 384 g/mol. The minimum absolute atomic E-state index is 0.0837. The number of nitrogens with zero attached hydrogens (tertiary/aromatic N) is 4. The summed E-state index contributed by atoms with van der Waals surface area (Å²) in [4.78, 5) is 25.2. The Kier molecular flexibility index (Phi) is 4.75. The van der Waals surface area contributed by atoms with Gasteiger partial charge in [-0.25, -0.2) is 4.79 Å². The number of carbonyl (C=O) groups excluding carboxylic acids is 1. The van der Waals surface area contributed by atoms with Crippen LogP contribution in [0.2, 0.25) is 0 Å². The molecule has 2 aromatic heterocycles. The smallest absolute Gasteiger partial charge is 0.338 e. The van der Waals surface area contributed by atoms with Crippen molar-refractivity contribution in [1.29, 1.82) is 0 Å². The van der Waals surface area contributed by atoms with Gasteiger partial charge in [-0.2, -0.15) is 0 Å². The molecule has 1 aliphatic heterocycles. The quantitative estimate of drug-likeness (QED) is 0.358. The van der Waals surface area contributed by atoms with E-state index in [2.05, 4.69) is 10.2 Å². The summed E-state index contributed by atoms with van der Waals surface area (Å²) in [5, 5.41) is 19.0. The first-order chi connectivity index (χ1) is 13.6. The van der Waals surface area contributed by atoms with Crippen LogP contribution in [0.4, 0.5) is 11.4 Å². The highest BCUT2D eigenvalue weighted by molar-refractivity contribution is 5.91. The summed E-state index contributed by atoms with van der Waals surface area (Å²) in [6, 6.07) is 7.67. The second-order valence-corrected chi connectivity index (χ2v) is 6.21. The van der Waals surface area contributed by atoms with E-state index in [1.54, 1.807) is 18.2 Å². The summed E-state index contributed by atoms with van der Waals surface area (Å²) in [6.45, 7) is 1.27. The van der Waals surface area contributed by atoms with E-state index in [4.69, 9.17) is 13.6 Å². The molecule has 0 unspecified atom stereocenters. The number of aromatic nitrogens is 2. The van der Waals surface area contributed by atoms with E-state index in [0.717, 1.165) is 25.9 Å². The summed E-state index contributed by atoms with van der Waals surface area (Å²) >= 11 is 0. The van der Waals surface area contributed by atoms with Crippen LogP contribution in [0.5, 0.6) is 0 Å². The fourth-order valence-corrected chi connectivity index (χ4v) is 3.04. The zero-order valence-corrected chi connectivity index (χ0v) is 14.7. The molecular formula is C18H16N4O6. The van der Waals surface area contributed by atoms with E-state index < -0.39 is 10.9 Å². The Morgan fingerprint density at radius 2 is 2.07 bits per heavy atom. The Hall–Kier alpha value is -3.69. The van der Waals surface area contributed by atoms with Gasteiger partial charge in [0.2, 0.25) is 0 Å². The Morgan fingerprint density at radius 3 is 2.79 bits per heavy atom. The molecule has 0 amide bonds. The molecule has 0 atom stereocenters. The topological polar surface area (TPSA) is 125 Å². The second-order valence-electron chi connectivity index (χ2n) is 6.21. The third-order valence-electron chi connectivity index (χ3n) is 4.38. The van der Waals surface area contributed by atoms with Gasteiger partial charge in [-0.15, -0.1) is 10.2 Å². The maximum Gasteiger partial charge on any atom is 0.338 e. The van der Waals surface area contributed by atoms with Gasteiger partial charge in [0.1, 0.15) is 5.69 Å². The summed E-state index contributed by atoms with van der Waals surface area (Å²) in [5.41, 5.74) is 0.480. The normalized spacial score (nSPS) is 13.6. The van der Waals surface area contributed by atoms with Gasteiger partial charge in [0.15, 0.2) is 12.4 Å². The van der Waals surface area contributed by atoms with Crippen molar-refractivity contribution in [1.82, 2.24) is 10.2 Å². The summed E-state index contributed by atoms with van der Waals surface area (Å²) < 4.78 is 15.6. The molecule has 4 rings (SSSR count). The summed E-state index contributed by atoms with van der Waals surface area (Å²) in [5.74, 6) is -0.0587. The minimum atomic E-state index is -0.714. The van der Waals surface area contributed by atoms with Gasteiger partial charge in [-0.1, -0.05) is 0 Å². The second kappa shape index (κ2) is 7.51. The highest BCUT2D eigenvalue weighted by atomic mass is 16.6. The van der Waals surface area contributed by atoms with Gasteiger partial charge in [0.25, 0.3) is 17.5 Å². The van der Waals surface area contributed by atoms with Crippen molar-refractivity contribution < 1.29 is 23.3 Å². The number of rotatable bonds is 6. The number of hydrogen-bond donors (Lipinski definition) is 0. The molecule has 0 aliphatic carbocycles. The van der Waals surface area contributed by atoms with Crippen molar-refractivity contribution >= 4 is 17.3 Å². The number of benzene rings is 1. The highest BCUT2D eigenvalue weighted by Gasteiger charge is 2.24. The third kappa shape index (κ3) is 3.56. The first-order valence-electron chi connectivity index (χ1n) is 8.68. The first-order valence-corrected chi connectivity index (χ1v) is 8.68. The van der Waals surface area contributed by atoms with E-state index in [1.807, 2.05) is 4.90 Å². The fraction of sp³-hybridized carbons (Fsp3) is 0.278. The molecular weight excluding hydrogens is 368 g/mol. The SMILES string of the molecule is O=C(OCc1nnc(-c2ccco2)o1)c1ccc(N2CCCC2)c([N+](=O)[O-])c1. The molecule has 1 aliphatic rings.